The monoisotopic (exact) mass is 205 g/mol. The third-order valence-electron chi connectivity index (χ3n) is 1.21. The van der Waals surface area contributed by atoms with Gasteiger partial charge in [0, 0.05) is 10.3 Å². The second-order valence-corrected chi connectivity index (χ2v) is 7.22. The van der Waals surface area contributed by atoms with E-state index in [-0.39, 0.29) is 15.7 Å². The number of ether oxygens (including phenoxy) is 1. The number of hydrogen-bond donors (Lipinski definition) is 1. The lowest BCUT2D eigenvalue weighted by atomic mass is 10.1. The standard InChI is InChI=1S/C10H23NOS/c1-8(13-9(2,3)4)12-7-10(5,6)11/h8H,7,11H2,1-6H3. The lowest BCUT2D eigenvalue weighted by molar-refractivity contribution is 0.0874. The van der Waals surface area contributed by atoms with Crippen LogP contribution in [0.5, 0.6) is 0 Å². The van der Waals surface area contributed by atoms with E-state index in [1.54, 1.807) is 0 Å². The summed E-state index contributed by atoms with van der Waals surface area (Å²) >= 11 is 1.82. The molecule has 0 heterocycles. The first-order chi connectivity index (χ1) is 5.60. The van der Waals surface area contributed by atoms with E-state index in [9.17, 15) is 0 Å². The van der Waals surface area contributed by atoms with Gasteiger partial charge in [0.2, 0.25) is 0 Å². The van der Waals surface area contributed by atoms with Crippen molar-refractivity contribution in [2.45, 2.75) is 57.3 Å². The smallest absolute Gasteiger partial charge is 0.100 e. The first-order valence-corrected chi connectivity index (χ1v) is 5.56. The van der Waals surface area contributed by atoms with Crippen LogP contribution in [0.15, 0.2) is 0 Å². The van der Waals surface area contributed by atoms with Crippen LogP contribution in [0.3, 0.4) is 0 Å². The van der Waals surface area contributed by atoms with E-state index in [1.807, 2.05) is 25.6 Å². The van der Waals surface area contributed by atoms with Crippen molar-refractivity contribution >= 4 is 11.8 Å². The van der Waals surface area contributed by atoms with E-state index in [0.717, 1.165) is 0 Å². The number of rotatable bonds is 4. The molecular weight excluding hydrogens is 182 g/mol. The van der Waals surface area contributed by atoms with Crippen molar-refractivity contribution in [2.24, 2.45) is 5.73 Å². The molecule has 13 heavy (non-hydrogen) atoms. The second-order valence-electron chi connectivity index (χ2n) is 5.10. The molecule has 0 radical (unpaired) electrons. The highest BCUT2D eigenvalue weighted by molar-refractivity contribution is 8.01. The van der Waals surface area contributed by atoms with E-state index in [1.165, 1.54) is 0 Å². The Morgan fingerprint density at radius 2 is 1.69 bits per heavy atom. The minimum absolute atomic E-state index is 0.211. The molecule has 0 saturated heterocycles. The summed E-state index contributed by atoms with van der Waals surface area (Å²) in [6.45, 7) is 13.2. The van der Waals surface area contributed by atoms with Gasteiger partial charge in [-0.25, -0.2) is 0 Å². The molecule has 0 fully saturated rings. The largest absolute Gasteiger partial charge is 0.366 e. The van der Waals surface area contributed by atoms with Crippen molar-refractivity contribution in [1.29, 1.82) is 0 Å². The molecule has 1 atom stereocenters. The van der Waals surface area contributed by atoms with Gasteiger partial charge in [0.25, 0.3) is 0 Å². The van der Waals surface area contributed by atoms with Gasteiger partial charge in [-0.15, -0.1) is 11.8 Å². The summed E-state index contributed by atoms with van der Waals surface area (Å²) in [6, 6.07) is 0. The Kier molecular flexibility index (Phi) is 4.77. The predicted octanol–water partition coefficient (Wildman–Crippen LogP) is 2.62. The van der Waals surface area contributed by atoms with Crippen LogP contribution in [0.25, 0.3) is 0 Å². The fraction of sp³-hybridized carbons (Fsp3) is 1.00. The molecule has 2 nitrogen and oxygen atoms in total. The number of hydrogen-bond acceptors (Lipinski definition) is 3. The zero-order chi connectivity index (χ0) is 10.7. The average molecular weight is 205 g/mol. The van der Waals surface area contributed by atoms with Crippen LogP contribution in [-0.2, 0) is 4.74 Å². The Hall–Kier alpha value is 0.270. The fourth-order valence-electron chi connectivity index (χ4n) is 0.864. The Morgan fingerprint density at radius 3 is 2.00 bits per heavy atom. The Balaban J connectivity index is 3.70. The highest BCUT2D eigenvalue weighted by Crippen LogP contribution is 2.28. The second kappa shape index (κ2) is 4.67. The lowest BCUT2D eigenvalue weighted by Crippen LogP contribution is -2.38. The van der Waals surface area contributed by atoms with Crippen LogP contribution in [0.1, 0.15) is 41.5 Å². The molecule has 0 aliphatic carbocycles. The molecule has 0 spiro atoms. The van der Waals surface area contributed by atoms with Gasteiger partial charge in [-0.1, -0.05) is 20.8 Å². The highest BCUT2D eigenvalue weighted by atomic mass is 32.2. The molecule has 2 N–H and O–H groups in total. The van der Waals surface area contributed by atoms with Crippen molar-refractivity contribution < 1.29 is 4.74 Å². The highest BCUT2D eigenvalue weighted by Gasteiger charge is 2.18. The summed E-state index contributed by atoms with van der Waals surface area (Å²) in [7, 11) is 0. The predicted molar refractivity (Wildman–Crippen MR) is 61.0 cm³/mol. The molecule has 0 bridgehead atoms. The summed E-state index contributed by atoms with van der Waals surface area (Å²) in [5.74, 6) is 0. The number of thioether (sulfide) groups is 1. The third kappa shape index (κ3) is 10.2. The molecular formula is C10H23NOS. The van der Waals surface area contributed by atoms with E-state index >= 15 is 0 Å². The molecule has 0 rings (SSSR count). The molecule has 0 amide bonds. The Labute approximate surface area is 86.6 Å². The molecule has 0 aromatic heterocycles. The van der Waals surface area contributed by atoms with Gasteiger partial charge in [0.1, 0.15) is 5.44 Å². The van der Waals surface area contributed by atoms with Crippen LogP contribution in [0, 0.1) is 0 Å². The van der Waals surface area contributed by atoms with Crippen molar-refractivity contribution in [3.05, 3.63) is 0 Å². The summed E-state index contributed by atoms with van der Waals surface area (Å²) in [5.41, 5.74) is 5.79. The summed E-state index contributed by atoms with van der Waals surface area (Å²) in [4.78, 5) is 0. The van der Waals surface area contributed by atoms with Gasteiger partial charge in [-0.3, -0.25) is 0 Å². The molecule has 0 aliphatic heterocycles. The van der Waals surface area contributed by atoms with Crippen LogP contribution in [0.4, 0.5) is 0 Å². The topological polar surface area (TPSA) is 35.2 Å². The van der Waals surface area contributed by atoms with Crippen LogP contribution in [0.2, 0.25) is 0 Å². The third-order valence-corrected chi connectivity index (χ3v) is 2.38. The van der Waals surface area contributed by atoms with Crippen molar-refractivity contribution in [1.82, 2.24) is 0 Å². The minimum Gasteiger partial charge on any atom is -0.366 e. The first-order valence-electron chi connectivity index (χ1n) is 4.68. The zero-order valence-electron chi connectivity index (χ0n) is 9.68. The van der Waals surface area contributed by atoms with Gasteiger partial charge in [-0.05, 0) is 20.8 Å². The van der Waals surface area contributed by atoms with E-state index < -0.39 is 0 Å². The maximum absolute atomic E-state index is 5.81. The lowest BCUT2D eigenvalue weighted by Gasteiger charge is -2.26. The van der Waals surface area contributed by atoms with Gasteiger partial charge < -0.3 is 10.5 Å². The fourth-order valence-corrected chi connectivity index (χ4v) is 2.00. The van der Waals surface area contributed by atoms with E-state index in [0.29, 0.717) is 6.61 Å². The molecule has 3 heteroatoms. The van der Waals surface area contributed by atoms with Gasteiger partial charge in [0.05, 0.1) is 6.61 Å². The average Bonchev–Trinajstić information content (AvgIpc) is 1.78. The summed E-state index contributed by atoms with van der Waals surface area (Å²) in [5, 5.41) is 0. The maximum atomic E-state index is 5.81. The number of nitrogens with two attached hydrogens (primary N) is 1. The summed E-state index contributed by atoms with van der Waals surface area (Å²) < 4.78 is 5.87. The van der Waals surface area contributed by atoms with Crippen LogP contribution in [-0.4, -0.2) is 22.3 Å². The molecule has 0 saturated carbocycles. The van der Waals surface area contributed by atoms with Crippen LogP contribution >= 0.6 is 11.8 Å². The van der Waals surface area contributed by atoms with Crippen molar-refractivity contribution in [3.63, 3.8) is 0 Å². The Bertz CT molecular complexity index is 146. The van der Waals surface area contributed by atoms with E-state index in [4.69, 9.17) is 10.5 Å². The van der Waals surface area contributed by atoms with Crippen molar-refractivity contribution in [3.8, 4) is 0 Å². The van der Waals surface area contributed by atoms with Gasteiger partial charge >= 0.3 is 0 Å². The molecule has 0 aromatic rings. The summed E-state index contributed by atoms with van der Waals surface area (Å²) in [6.07, 6.45) is 0. The molecule has 1 unspecified atom stereocenters. The Morgan fingerprint density at radius 1 is 1.23 bits per heavy atom. The quantitative estimate of drug-likeness (QED) is 0.717. The van der Waals surface area contributed by atoms with E-state index in [2.05, 4.69) is 27.7 Å². The normalized spacial score (nSPS) is 15.9. The SMILES string of the molecule is CC(OCC(C)(C)N)SC(C)(C)C. The first kappa shape index (κ1) is 13.3. The van der Waals surface area contributed by atoms with Gasteiger partial charge in [0.15, 0.2) is 0 Å². The van der Waals surface area contributed by atoms with Gasteiger partial charge in [-0.2, -0.15) is 0 Å². The van der Waals surface area contributed by atoms with Crippen LogP contribution < -0.4 is 5.73 Å². The maximum Gasteiger partial charge on any atom is 0.100 e. The minimum atomic E-state index is -0.229. The molecule has 80 valence electrons. The molecule has 0 aromatic carbocycles. The van der Waals surface area contributed by atoms with Crippen molar-refractivity contribution in [2.75, 3.05) is 6.61 Å². The zero-order valence-corrected chi connectivity index (χ0v) is 10.5. The molecule has 0 aliphatic rings.